The van der Waals surface area contributed by atoms with Gasteiger partial charge in [-0.15, -0.1) is 11.8 Å². The van der Waals surface area contributed by atoms with Crippen molar-refractivity contribution >= 4 is 17.7 Å². The van der Waals surface area contributed by atoms with Crippen molar-refractivity contribution in [3.05, 3.63) is 77.1 Å². The Morgan fingerprint density at radius 1 is 1.14 bits per heavy atom. The van der Waals surface area contributed by atoms with E-state index in [2.05, 4.69) is 5.10 Å². The van der Waals surface area contributed by atoms with Crippen LogP contribution < -0.4 is 0 Å². The van der Waals surface area contributed by atoms with Crippen LogP contribution in [0, 0.1) is 25.5 Å². The van der Waals surface area contributed by atoms with E-state index in [1.54, 1.807) is 11.9 Å². The first-order chi connectivity index (χ1) is 13.4. The van der Waals surface area contributed by atoms with E-state index < -0.39 is 11.6 Å². The van der Waals surface area contributed by atoms with Gasteiger partial charge in [-0.2, -0.15) is 5.10 Å². The minimum Gasteiger partial charge on any atom is -0.341 e. The van der Waals surface area contributed by atoms with Crippen LogP contribution in [0.15, 0.2) is 53.4 Å². The maximum absolute atomic E-state index is 13.7. The number of aromatic nitrogens is 2. The van der Waals surface area contributed by atoms with Gasteiger partial charge in [0.25, 0.3) is 0 Å². The van der Waals surface area contributed by atoms with E-state index in [-0.39, 0.29) is 16.6 Å². The van der Waals surface area contributed by atoms with Gasteiger partial charge >= 0.3 is 0 Å². The van der Waals surface area contributed by atoms with Gasteiger partial charge < -0.3 is 4.90 Å². The third-order valence-electron chi connectivity index (χ3n) is 4.51. The van der Waals surface area contributed by atoms with Crippen molar-refractivity contribution in [1.82, 2.24) is 14.7 Å². The first-order valence-electron chi connectivity index (χ1n) is 8.79. The van der Waals surface area contributed by atoms with E-state index in [0.717, 1.165) is 52.6 Å². The Kier molecular flexibility index (Phi) is 6.14. The molecule has 0 unspecified atom stereocenters. The van der Waals surface area contributed by atoms with Gasteiger partial charge in [0, 0.05) is 29.7 Å². The molecule has 0 spiro atoms. The van der Waals surface area contributed by atoms with E-state index in [9.17, 15) is 13.6 Å². The smallest absolute Gasteiger partial charge is 0.232 e. The lowest BCUT2D eigenvalue weighted by Crippen LogP contribution is -2.28. The van der Waals surface area contributed by atoms with Gasteiger partial charge in [-0.05, 0) is 44.2 Å². The second-order valence-electron chi connectivity index (χ2n) is 6.51. The second-order valence-corrected chi connectivity index (χ2v) is 7.53. The molecule has 2 aromatic carbocycles. The van der Waals surface area contributed by atoms with Crippen LogP contribution in [0.1, 0.15) is 17.0 Å². The zero-order valence-electron chi connectivity index (χ0n) is 15.9. The van der Waals surface area contributed by atoms with Crippen molar-refractivity contribution in [3.8, 4) is 5.69 Å². The Morgan fingerprint density at radius 2 is 1.86 bits per heavy atom. The third kappa shape index (κ3) is 4.42. The predicted molar refractivity (Wildman–Crippen MR) is 107 cm³/mol. The number of nitrogens with zero attached hydrogens (tertiary/aromatic N) is 3. The van der Waals surface area contributed by atoms with Crippen molar-refractivity contribution in [2.45, 2.75) is 25.3 Å². The summed E-state index contributed by atoms with van der Waals surface area (Å²) in [6, 6.07) is 13.0. The molecule has 0 N–H and O–H groups in total. The van der Waals surface area contributed by atoms with Gasteiger partial charge in [-0.3, -0.25) is 4.79 Å². The number of hydrogen-bond acceptors (Lipinski definition) is 3. The lowest BCUT2D eigenvalue weighted by Gasteiger charge is -2.17. The Labute approximate surface area is 167 Å². The lowest BCUT2D eigenvalue weighted by atomic mass is 10.2. The summed E-state index contributed by atoms with van der Waals surface area (Å²) >= 11 is 0.992. The van der Waals surface area contributed by atoms with Crippen molar-refractivity contribution in [2.24, 2.45) is 0 Å². The fourth-order valence-electron chi connectivity index (χ4n) is 2.89. The van der Waals surface area contributed by atoms with E-state index >= 15 is 0 Å². The first-order valence-corrected chi connectivity index (χ1v) is 9.77. The average molecular weight is 401 g/mol. The number of rotatable bonds is 6. The summed E-state index contributed by atoms with van der Waals surface area (Å²) in [7, 11) is 1.70. The molecule has 1 amide bonds. The third-order valence-corrected chi connectivity index (χ3v) is 5.52. The van der Waals surface area contributed by atoms with E-state index in [1.807, 2.05) is 48.9 Å². The molecule has 0 saturated heterocycles. The first kappa shape index (κ1) is 20.1. The molecule has 0 bridgehead atoms. The van der Waals surface area contributed by atoms with Crippen molar-refractivity contribution in [2.75, 3.05) is 12.8 Å². The fraction of sp³-hybridized carbons (Fsp3) is 0.238. The molecule has 7 heteroatoms. The van der Waals surface area contributed by atoms with Gasteiger partial charge in [0.05, 0.1) is 17.1 Å². The minimum atomic E-state index is -0.530. The van der Waals surface area contributed by atoms with Crippen LogP contribution in [0.2, 0.25) is 0 Å². The number of carbonyl (C=O) groups excluding carboxylic acids is 1. The summed E-state index contributed by atoms with van der Waals surface area (Å²) in [4.78, 5) is 14.2. The Balaban J connectivity index is 1.69. The number of thioether (sulfide) groups is 1. The molecular weight excluding hydrogens is 380 g/mol. The number of para-hydroxylation sites is 1. The Morgan fingerprint density at radius 3 is 2.57 bits per heavy atom. The Hall–Kier alpha value is -2.67. The fourth-order valence-corrected chi connectivity index (χ4v) is 3.79. The molecule has 0 radical (unpaired) electrons. The van der Waals surface area contributed by atoms with Gasteiger partial charge in [-0.1, -0.05) is 18.2 Å². The largest absolute Gasteiger partial charge is 0.341 e. The summed E-state index contributed by atoms with van der Waals surface area (Å²) in [5, 5.41) is 4.59. The quantitative estimate of drug-likeness (QED) is 0.570. The normalized spacial score (nSPS) is 10.9. The van der Waals surface area contributed by atoms with Gasteiger partial charge in [0.15, 0.2) is 0 Å². The standard InChI is InChI=1S/C21H21F2N3OS/c1-14-18(15(2)26(24-14)17-7-5-4-6-8-17)12-25(3)21(27)13-28-20-11-16(22)9-10-19(20)23/h4-11H,12-13H2,1-3H3. The summed E-state index contributed by atoms with van der Waals surface area (Å²) in [5.74, 6) is -1.19. The van der Waals surface area contributed by atoms with E-state index in [0.29, 0.717) is 6.54 Å². The molecule has 3 rings (SSSR count). The van der Waals surface area contributed by atoms with E-state index in [4.69, 9.17) is 0 Å². The predicted octanol–water partition coefficient (Wildman–Crippen LogP) is 4.52. The highest BCUT2D eigenvalue weighted by Gasteiger charge is 2.18. The molecule has 4 nitrogen and oxygen atoms in total. The number of carbonyl (C=O) groups is 1. The molecule has 1 heterocycles. The zero-order valence-corrected chi connectivity index (χ0v) is 16.8. The molecule has 0 fully saturated rings. The summed E-state index contributed by atoms with van der Waals surface area (Å²) in [6.45, 7) is 4.28. The molecule has 0 saturated carbocycles. The van der Waals surface area contributed by atoms with Gasteiger partial charge in [-0.25, -0.2) is 13.5 Å². The number of hydrogen-bond donors (Lipinski definition) is 0. The molecular formula is C21H21F2N3OS. The molecule has 0 atom stereocenters. The topological polar surface area (TPSA) is 38.1 Å². The number of benzene rings is 2. The number of aryl methyl sites for hydroxylation is 1. The highest BCUT2D eigenvalue weighted by atomic mass is 32.2. The van der Waals surface area contributed by atoms with Gasteiger partial charge in [0.2, 0.25) is 5.91 Å². The van der Waals surface area contributed by atoms with E-state index in [1.165, 1.54) is 0 Å². The highest BCUT2D eigenvalue weighted by molar-refractivity contribution is 8.00. The molecule has 1 aromatic heterocycles. The van der Waals surface area contributed by atoms with Crippen LogP contribution >= 0.6 is 11.8 Å². The minimum absolute atomic E-state index is 0.0296. The molecule has 0 aliphatic heterocycles. The monoisotopic (exact) mass is 401 g/mol. The van der Waals surface area contributed by atoms with Gasteiger partial charge in [0.1, 0.15) is 11.6 Å². The molecule has 3 aromatic rings. The highest BCUT2D eigenvalue weighted by Crippen LogP contribution is 2.24. The molecule has 146 valence electrons. The van der Waals surface area contributed by atoms with Crippen LogP contribution in [0.4, 0.5) is 8.78 Å². The van der Waals surface area contributed by atoms with Crippen LogP contribution in [0.3, 0.4) is 0 Å². The Bertz CT molecular complexity index is 989. The summed E-state index contributed by atoms with van der Waals surface area (Å²) in [6.07, 6.45) is 0. The van der Waals surface area contributed by atoms with Crippen molar-refractivity contribution in [3.63, 3.8) is 0 Å². The number of halogens is 2. The second kappa shape index (κ2) is 8.56. The maximum Gasteiger partial charge on any atom is 0.232 e. The van der Waals surface area contributed by atoms with Crippen molar-refractivity contribution < 1.29 is 13.6 Å². The number of amides is 1. The summed E-state index contributed by atoms with van der Waals surface area (Å²) < 4.78 is 28.8. The zero-order chi connectivity index (χ0) is 20.3. The van der Waals surface area contributed by atoms with Crippen LogP contribution in [-0.2, 0) is 11.3 Å². The lowest BCUT2D eigenvalue weighted by molar-refractivity contribution is -0.127. The average Bonchev–Trinajstić information content (AvgIpc) is 2.97. The van der Waals surface area contributed by atoms with Crippen LogP contribution in [0.25, 0.3) is 5.69 Å². The molecule has 0 aliphatic carbocycles. The van der Waals surface area contributed by atoms with Crippen LogP contribution in [-0.4, -0.2) is 33.4 Å². The SMILES string of the molecule is Cc1nn(-c2ccccc2)c(C)c1CN(C)C(=O)CSc1cc(F)ccc1F. The maximum atomic E-state index is 13.7. The van der Waals surface area contributed by atoms with Crippen LogP contribution in [0.5, 0.6) is 0 Å². The molecule has 0 aliphatic rings. The van der Waals surface area contributed by atoms with Crippen molar-refractivity contribution in [1.29, 1.82) is 0 Å². The molecule has 28 heavy (non-hydrogen) atoms. The summed E-state index contributed by atoms with van der Waals surface area (Å²) in [5.41, 5.74) is 3.75.